The molecule has 0 rings (SSSR count). The van der Waals surface area contributed by atoms with Gasteiger partial charge in [-0.2, -0.15) is 0 Å². The molecule has 0 bridgehead atoms. The van der Waals surface area contributed by atoms with Gasteiger partial charge >= 0.3 is 0 Å². The molecule has 0 aliphatic rings. The first-order chi connectivity index (χ1) is 4.63. The molecule has 0 aromatic heterocycles. The number of hydrogen-bond acceptors (Lipinski definition) is 1. The zero-order valence-electron chi connectivity index (χ0n) is 6.86. The Bertz CT molecular complexity index is 110. The zero-order chi connectivity index (χ0) is 8.15. The lowest BCUT2D eigenvalue weighted by Gasteiger charge is -2.11. The van der Waals surface area contributed by atoms with E-state index in [0.717, 1.165) is 11.7 Å². The van der Waals surface area contributed by atoms with Crippen LogP contribution in [-0.4, -0.2) is 19.0 Å². The van der Waals surface area contributed by atoms with Gasteiger partial charge in [0.2, 0.25) is 0 Å². The van der Waals surface area contributed by atoms with E-state index < -0.39 is 0 Å². The Morgan fingerprint density at radius 3 is 2.20 bits per heavy atom. The van der Waals surface area contributed by atoms with E-state index in [0.29, 0.717) is 5.78 Å². The van der Waals surface area contributed by atoms with Gasteiger partial charge in [-0.1, -0.05) is 36.1 Å². The van der Waals surface area contributed by atoms with E-state index in [9.17, 15) is 4.79 Å². The average Bonchev–Trinajstić information content (AvgIpc) is 1.90. The standard InChI is InChI=1S/C7H14BBrO/c1-5(2)7(10)6(3-8)4-9/h5-6H,3-4,8H2,1-2H3. The molecule has 0 saturated carbocycles. The quantitative estimate of drug-likeness (QED) is 0.498. The number of alkyl halides is 1. The van der Waals surface area contributed by atoms with Crippen molar-refractivity contribution in [3.8, 4) is 0 Å². The Balaban J connectivity index is 3.89. The molecule has 0 N–H and O–H groups in total. The second-order valence-corrected chi connectivity index (χ2v) is 3.46. The number of halogens is 1. The predicted molar refractivity (Wildman–Crippen MR) is 50.5 cm³/mol. The monoisotopic (exact) mass is 204 g/mol. The fourth-order valence-corrected chi connectivity index (χ4v) is 1.63. The van der Waals surface area contributed by atoms with Gasteiger partial charge in [0, 0.05) is 17.2 Å². The highest BCUT2D eigenvalue weighted by atomic mass is 79.9. The van der Waals surface area contributed by atoms with Crippen molar-refractivity contribution in [2.75, 3.05) is 5.33 Å². The third-order valence-corrected chi connectivity index (χ3v) is 2.43. The topological polar surface area (TPSA) is 17.1 Å². The van der Waals surface area contributed by atoms with Crippen molar-refractivity contribution in [3.63, 3.8) is 0 Å². The molecule has 10 heavy (non-hydrogen) atoms. The van der Waals surface area contributed by atoms with Gasteiger partial charge in [0.1, 0.15) is 13.6 Å². The van der Waals surface area contributed by atoms with Crippen LogP contribution in [0, 0.1) is 11.8 Å². The molecule has 0 aliphatic carbocycles. The van der Waals surface area contributed by atoms with Crippen LogP contribution in [0.2, 0.25) is 6.32 Å². The van der Waals surface area contributed by atoms with E-state index in [4.69, 9.17) is 0 Å². The van der Waals surface area contributed by atoms with E-state index in [1.54, 1.807) is 0 Å². The molecule has 0 aromatic carbocycles. The maximum absolute atomic E-state index is 11.3. The second kappa shape index (κ2) is 4.94. The smallest absolute Gasteiger partial charge is 0.138 e. The van der Waals surface area contributed by atoms with Gasteiger partial charge < -0.3 is 0 Å². The van der Waals surface area contributed by atoms with E-state index in [1.165, 1.54) is 0 Å². The van der Waals surface area contributed by atoms with E-state index in [1.807, 2.05) is 21.7 Å². The Morgan fingerprint density at radius 1 is 1.60 bits per heavy atom. The lowest BCUT2D eigenvalue weighted by atomic mass is 9.85. The molecule has 0 radical (unpaired) electrons. The Labute approximate surface area is 72.1 Å². The largest absolute Gasteiger partial charge is 0.299 e. The SMILES string of the molecule is BCC(CBr)C(=O)C(C)C. The molecule has 0 fully saturated rings. The highest BCUT2D eigenvalue weighted by Crippen LogP contribution is 2.12. The highest BCUT2D eigenvalue weighted by Gasteiger charge is 2.17. The first-order valence-electron chi connectivity index (χ1n) is 3.73. The molecule has 0 saturated heterocycles. The summed E-state index contributed by atoms with van der Waals surface area (Å²) in [6.07, 6.45) is 0.947. The third-order valence-electron chi connectivity index (χ3n) is 1.65. The minimum atomic E-state index is 0.183. The predicted octanol–water partition coefficient (Wildman–Crippen LogP) is 1.27. The van der Waals surface area contributed by atoms with Crippen LogP contribution >= 0.6 is 15.9 Å². The molecule has 1 atom stereocenters. The molecule has 58 valence electrons. The molecule has 0 aromatic rings. The fourth-order valence-electron chi connectivity index (χ4n) is 0.858. The second-order valence-electron chi connectivity index (χ2n) is 2.82. The van der Waals surface area contributed by atoms with Gasteiger partial charge in [0.25, 0.3) is 0 Å². The number of carbonyl (C=O) groups excluding carboxylic acids is 1. The molecule has 0 amide bonds. The number of rotatable bonds is 4. The van der Waals surface area contributed by atoms with E-state index in [-0.39, 0.29) is 11.8 Å². The average molecular weight is 205 g/mol. The lowest BCUT2D eigenvalue weighted by molar-refractivity contribution is -0.124. The van der Waals surface area contributed by atoms with Crippen molar-refractivity contribution in [1.29, 1.82) is 0 Å². The van der Waals surface area contributed by atoms with Gasteiger partial charge in [-0.05, 0) is 0 Å². The summed E-state index contributed by atoms with van der Waals surface area (Å²) in [5.74, 6) is 0.780. The van der Waals surface area contributed by atoms with Crippen molar-refractivity contribution in [2.24, 2.45) is 11.8 Å². The summed E-state index contributed by atoms with van der Waals surface area (Å²) >= 11 is 3.32. The van der Waals surface area contributed by atoms with Crippen LogP contribution in [0.5, 0.6) is 0 Å². The van der Waals surface area contributed by atoms with Crippen LogP contribution in [-0.2, 0) is 4.79 Å². The van der Waals surface area contributed by atoms with Crippen LogP contribution in [0.4, 0.5) is 0 Å². The fraction of sp³-hybridized carbons (Fsp3) is 0.857. The van der Waals surface area contributed by atoms with Gasteiger partial charge in [0.15, 0.2) is 0 Å². The van der Waals surface area contributed by atoms with Crippen LogP contribution in [0.15, 0.2) is 0 Å². The van der Waals surface area contributed by atoms with Gasteiger partial charge in [0.05, 0.1) is 0 Å². The molecular formula is C7H14BBrO. The Hall–Kier alpha value is 0.215. The maximum Gasteiger partial charge on any atom is 0.138 e. The summed E-state index contributed by atoms with van der Waals surface area (Å²) in [5, 5.41) is 0.806. The molecule has 0 spiro atoms. The summed E-state index contributed by atoms with van der Waals surface area (Å²) in [6.45, 7) is 3.90. The number of carbonyl (C=O) groups is 1. The minimum Gasteiger partial charge on any atom is -0.299 e. The van der Waals surface area contributed by atoms with E-state index >= 15 is 0 Å². The number of ketones is 1. The summed E-state index contributed by atoms with van der Waals surface area (Å²) in [7, 11) is 2.05. The van der Waals surface area contributed by atoms with Gasteiger partial charge in [-0.15, -0.1) is 0 Å². The third kappa shape index (κ3) is 2.87. The number of hydrogen-bond donors (Lipinski definition) is 0. The van der Waals surface area contributed by atoms with Crippen LogP contribution in [0.1, 0.15) is 13.8 Å². The molecule has 3 heteroatoms. The molecular weight excluding hydrogens is 191 g/mol. The van der Waals surface area contributed by atoms with Crippen molar-refractivity contribution < 1.29 is 4.79 Å². The highest BCUT2D eigenvalue weighted by molar-refractivity contribution is 9.09. The Kier molecular flexibility index (Phi) is 5.05. The molecule has 0 aliphatic heterocycles. The molecule has 1 unspecified atom stereocenters. The normalized spacial score (nSPS) is 13.6. The summed E-state index contributed by atoms with van der Waals surface area (Å²) in [4.78, 5) is 11.3. The first-order valence-corrected chi connectivity index (χ1v) is 4.85. The van der Waals surface area contributed by atoms with Crippen molar-refractivity contribution in [2.45, 2.75) is 20.2 Å². The molecule has 1 nitrogen and oxygen atoms in total. The van der Waals surface area contributed by atoms with Gasteiger partial charge in [-0.3, -0.25) is 4.79 Å². The lowest BCUT2D eigenvalue weighted by Crippen LogP contribution is -2.20. The van der Waals surface area contributed by atoms with Gasteiger partial charge in [-0.25, -0.2) is 0 Å². The molecule has 0 heterocycles. The van der Waals surface area contributed by atoms with Crippen molar-refractivity contribution in [3.05, 3.63) is 0 Å². The van der Waals surface area contributed by atoms with Crippen LogP contribution in [0.25, 0.3) is 0 Å². The number of Topliss-reactive ketones (excluding diaryl/α,β-unsaturated/α-hetero) is 1. The van der Waals surface area contributed by atoms with E-state index in [2.05, 4.69) is 15.9 Å². The first kappa shape index (κ1) is 10.2. The Morgan fingerprint density at radius 2 is 2.10 bits per heavy atom. The van der Waals surface area contributed by atoms with Crippen molar-refractivity contribution >= 4 is 29.6 Å². The zero-order valence-corrected chi connectivity index (χ0v) is 8.44. The summed E-state index contributed by atoms with van der Waals surface area (Å²) in [5.41, 5.74) is 0. The van der Waals surface area contributed by atoms with Crippen LogP contribution < -0.4 is 0 Å². The van der Waals surface area contributed by atoms with Crippen LogP contribution in [0.3, 0.4) is 0 Å². The maximum atomic E-state index is 11.3. The summed E-state index contributed by atoms with van der Waals surface area (Å²) in [6, 6.07) is 0. The summed E-state index contributed by atoms with van der Waals surface area (Å²) < 4.78 is 0. The minimum absolute atomic E-state index is 0.183. The van der Waals surface area contributed by atoms with Crippen molar-refractivity contribution in [1.82, 2.24) is 0 Å².